The van der Waals surface area contributed by atoms with Gasteiger partial charge in [-0.3, -0.25) is 4.99 Å². The first kappa shape index (κ1) is 16.3. The highest BCUT2D eigenvalue weighted by molar-refractivity contribution is 14.0. The fourth-order valence-corrected chi connectivity index (χ4v) is 4.09. The van der Waals surface area contributed by atoms with E-state index in [0.717, 1.165) is 37.8 Å². The number of hydrogen-bond donors (Lipinski definition) is 3. The monoisotopic (exact) mass is 393 g/mol. The first-order chi connectivity index (χ1) is 9.16. The zero-order valence-electron chi connectivity index (χ0n) is 12.2. The Bertz CT molecular complexity index is 359. The van der Waals surface area contributed by atoms with Crippen molar-refractivity contribution in [3.05, 3.63) is 0 Å². The molecule has 3 rings (SSSR count). The molecule has 0 amide bonds. The van der Waals surface area contributed by atoms with Crippen molar-refractivity contribution in [3.63, 3.8) is 0 Å². The van der Waals surface area contributed by atoms with Gasteiger partial charge in [-0.1, -0.05) is 6.42 Å². The van der Waals surface area contributed by atoms with Crippen LogP contribution in [0.3, 0.4) is 0 Å². The summed E-state index contributed by atoms with van der Waals surface area (Å²) in [6.07, 6.45) is 9.55. The van der Waals surface area contributed by atoms with Gasteiger partial charge in [0, 0.05) is 13.1 Å². The number of hydrogen-bond acceptors (Lipinski definition) is 2. The first-order valence-electron chi connectivity index (χ1n) is 7.92. The molecule has 3 unspecified atom stereocenters. The second-order valence-electron chi connectivity index (χ2n) is 6.88. The standard InChI is InChI=1S/C15H27N3O.HI/c16-14(18-10-11-2-1-3-11)17-7-6-15(19)9-12-4-5-13(15)8-12;/h11-13,19H,1-10H2,(H3,16,17,18);1H. The molecule has 0 spiro atoms. The van der Waals surface area contributed by atoms with Crippen LogP contribution in [-0.4, -0.2) is 29.8 Å². The zero-order valence-corrected chi connectivity index (χ0v) is 14.5. The van der Waals surface area contributed by atoms with Gasteiger partial charge >= 0.3 is 0 Å². The van der Waals surface area contributed by atoms with Crippen LogP contribution in [-0.2, 0) is 0 Å². The van der Waals surface area contributed by atoms with Gasteiger partial charge in [-0.2, -0.15) is 0 Å². The maximum Gasteiger partial charge on any atom is 0.188 e. The van der Waals surface area contributed by atoms with Crippen molar-refractivity contribution in [1.29, 1.82) is 0 Å². The van der Waals surface area contributed by atoms with E-state index in [-0.39, 0.29) is 24.0 Å². The Kier molecular flexibility index (Phi) is 5.56. The number of aliphatic hydroxyl groups is 1. The topological polar surface area (TPSA) is 70.6 Å². The summed E-state index contributed by atoms with van der Waals surface area (Å²) >= 11 is 0. The number of fused-ring (bicyclic) bond motifs is 2. The second kappa shape index (κ2) is 6.81. The number of nitrogens with zero attached hydrogens (tertiary/aromatic N) is 1. The van der Waals surface area contributed by atoms with Crippen molar-refractivity contribution in [2.45, 2.75) is 57.0 Å². The molecule has 4 N–H and O–H groups in total. The number of nitrogens with two attached hydrogens (primary N) is 1. The summed E-state index contributed by atoms with van der Waals surface area (Å²) in [5.74, 6) is 2.63. The maximum absolute atomic E-state index is 10.6. The van der Waals surface area contributed by atoms with Gasteiger partial charge in [0.2, 0.25) is 0 Å². The lowest BCUT2D eigenvalue weighted by Gasteiger charge is -2.32. The Morgan fingerprint density at radius 3 is 2.65 bits per heavy atom. The van der Waals surface area contributed by atoms with Gasteiger partial charge in [-0.05, 0) is 62.7 Å². The van der Waals surface area contributed by atoms with Crippen LogP contribution in [0.1, 0.15) is 51.4 Å². The molecule has 0 radical (unpaired) electrons. The molecule has 116 valence electrons. The summed E-state index contributed by atoms with van der Waals surface area (Å²) < 4.78 is 0. The highest BCUT2D eigenvalue weighted by atomic mass is 127. The van der Waals surface area contributed by atoms with Crippen molar-refractivity contribution in [3.8, 4) is 0 Å². The molecule has 0 heterocycles. The average molecular weight is 393 g/mol. The summed E-state index contributed by atoms with van der Waals surface area (Å²) in [5, 5.41) is 13.8. The van der Waals surface area contributed by atoms with Crippen molar-refractivity contribution in [2.24, 2.45) is 28.5 Å². The molecule has 3 aliphatic rings. The van der Waals surface area contributed by atoms with Gasteiger partial charge in [0.15, 0.2) is 5.96 Å². The molecule has 5 heteroatoms. The van der Waals surface area contributed by atoms with Gasteiger partial charge in [0.25, 0.3) is 0 Å². The number of nitrogens with one attached hydrogen (secondary N) is 1. The Balaban J connectivity index is 0.00000147. The third kappa shape index (κ3) is 3.59. The van der Waals surface area contributed by atoms with Crippen LogP contribution in [0.25, 0.3) is 0 Å². The molecule has 20 heavy (non-hydrogen) atoms. The minimum Gasteiger partial charge on any atom is -0.390 e. The van der Waals surface area contributed by atoms with Gasteiger partial charge in [-0.25, -0.2) is 0 Å². The number of rotatable bonds is 5. The Labute approximate surface area is 139 Å². The molecule has 2 bridgehead atoms. The lowest BCUT2D eigenvalue weighted by Crippen LogP contribution is -2.41. The molecular formula is C15H28IN3O. The SMILES string of the molecule is I.NC(=NCC1CCC1)NCCC1(O)CC2CCC1C2. The van der Waals surface area contributed by atoms with E-state index in [1.54, 1.807) is 0 Å². The van der Waals surface area contributed by atoms with Crippen LogP contribution in [0.5, 0.6) is 0 Å². The molecular weight excluding hydrogens is 365 g/mol. The van der Waals surface area contributed by atoms with Gasteiger partial charge in [-0.15, -0.1) is 24.0 Å². The van der Waals surface area contributed by atoms with Gasteiger partial charge in [0.05, 0.1) is 5.60 Å². The minimum absolute atomic E-state index is 0. The molecule has 0 aliphatic heterocycles. The molecule has 3 fully saturated rings. The van der Waals surface area contributed by atoms with Gasteiger partial charge < -0.3 is 16.2 Å². The highest BCUT2D eigenvalue weighted by Gasteiger charge is 2.49. The molecule has 0 aromatic carbocycles. The number of guanidine groups is 1. The molecule has 4 nitrogen and oxygen atoms in total. The Morgan fingerprint density at radius 1 is 1.30 bits per heavy atom. The summed E-state index contributed by atoms with van der Waals surface area (Å²) in [7, 11) is 0. The van der Waals surface area contributed by atoms with E-state index in [1.807, 2.05) is 0 Å². The Morgan fingerprint density at radius 2 is 2.10 bits per heavy atom. The predicted octanol–water partition coefficient (Wildman–Crippen LogP) is 2.25. The zero-order chi connectivity index (χ0) is 13.3. The summed E-state index contributed by atoms with van der Waals surface area (Å²) in [6, 6.07) is 0. The quantitative estimate of drug-likeness (QED) is 0.381. The van der Waals surface area contributed by atoms with Gasteiger partial charge in [0.1, 0.15) is 0 Å². The van der Waals surface area contributed by atoms with E-state index in [0.29, 0.717) is 11.9 Å². The minimum atomic E-state index is -0.426. The largest absolute Gasteiger partial charge is 0.390 e. The van der Waals surface area contributed by atoms with Crippen LogP contribution < -0.4 is 11.1 Å². The fourth-order valence-electron chi connectivity index (χ4n) is 4.09. The van der Waals surface area contributed by atoms with Crippen molar-refractivity contribution in [1.82, 2.24) is 5.32 Å². The lowest BCUT2D eigenvalue weighted by atomic mass is 9.82. The van der Waals surface area contributed by atoms with Crippen molar-refractivity contribution >= 4 is 29.9 Å². The maximum atomic E-state index is 10.6. The van der Waals surface area contributed by atoms with E-state index in [4.69, 9.17) is 5.73 Å². The third-order valence-electron chi connectivity index (χ3n) is 5.55. The van der Waals surface area contributed by atoms with Crippen molar-refractivity contribution < 1.29 is 5.11 Å². The van der Waals surface area contributed by atoms with Crippen LogP contribution in [0.15, 0.2) is 4.99 Å². The van der Waals surface area contributed by atoms with E-state index in [9.17, 15) is 5.11 Å². The van der Waals surface area contributed by atoms with E-state index >= 15 is 0 Å². The Hall–Kier alpha value is -0.0400. The van der Waals surface area contributed by atoms with Crippen LogP contribution in [0.4, 0.5) is 0 Å². The van der Waals surface area contributed by atoms with Crippen LogP contribution >= 0.6 is 24.0 Å². The van der Waals surface area contributed by atoms with Crippen LogP contribution in [0.2, 0.25) is 0 Å². The molecule has 0 aromatic heterocycles. The fraction of sp³-hybridized carbons (Fsp3) is 0.933. The summed E-state index contributed by atoms with van der Waals surface area (Å²) in [6.45, 7) is 1.62. The lowest BCUT2D eigenvalue weighted by molar-refractivity contribution is -0.0191. The number of aliphatic imine (C=N–C) groups is 1. The summed E-state index contributed by atoms with van der Waals surface area (Å²) in [5.41, 5.74) is 5.44. The summed E-state index contributed by atoms with van der Waals surface area (Å²) in [4.78, 5) is 4.38. The molecule has 0 saturated heterocycles. The van der Waals surface area contributed by atoms with Crippen LogP contribution in [0, 0.1) is 17.8 Å². The smallest absolute Gasteiger partial charge is 0.188 e. The second-order valence-corrected chi connectivity index (χ2v) is 6.88. The normalized spacial score (nSPS) is 36.5. The van der Waals surface area contributed by atoms with E-state index < -0.39 is 5.60 Å². The average Bonchev–Trinajstić information content (AvgIpc) is 2.86. The van der Waals surface area contributed by atoms with E-state index in [2.05, 4.69) is 10.3 Å². The van der Waals surface area contributed by atoms with E-state index in [1.165, 1.54) is 38.5 Å². The molecule has 3 atom stereocenters. The molecule has 3 saturated carbocycles. The van der Waals surface area contributed by atoms with Crippen molar-refractivity contribution in [2.75, 3.05) is 13.1 Å². The molecule has 3 aliphatic carbocycles. The molecule has 0 aromatic rings. The third-order valence-corrected chi connectivity index (χ3v) is 5.55. The number of halogens is 1. The first-order valence-corrected chi connectivity index (χ1v) is 7.92. The predicted molar refractivity (Wildman–Crippen MR) is 92.3 cm³/mol. The highest BCUT2D eigenvalue weighted by Crippen LogP contribution is 2.51.